The highest BCUT2D eigenvalue weighted by Crippen LogP contribution is 2.14. The number of nitrogens with one attached hydrogen (secondary N) is 2. The first-order chi connectivity index (χ1) is 15.5. The summed E-state index contributed by atoms with van der Waals surface area (Å²) >= 11 is 0. The fourth-order valence-corrected chi connectivity index (χ4v) is 3.40. The van der Waals surface area contributed by atoms with Gasteiger partial charge in [0.05, 0.1) is 13.2 Å². The first-order valence-corrected chi connectivity index (χ1v) is 11.0. The van der Waals surface area contributed by atoms with Gasteiger partial charge in [-0.2, -0.15) is 0 Å². The van der Waals surface area contributed by atoms with Crippen molar-refractivity contribution in [1.29, 1.82) is 0 Å². The van der Waals surface area contributed by atoms with E-state index in [-0.39, 0.29) is 17.5 Å². The third-order valence-corrected chi connectivity index (χ3v) is 5.29. The molecule has 7 heteroatoms. The van der Waals surface area contributed by atoms with Crippen LogP contribution in [0.4, 0.5) is 5.69 Å². The quantitative estimate of drug-likeness (QED) is 0.466. The van der Waals surface area contributed by atoms with Crippen LogP contribution in [0.1, 0.15) is 22.3 Å². The highest BCUT2D eigenvalue weighted by molar-refractivity contribution is 6.05. The van der Waals surface area contributed by atoms with E-state index in [1.807, 2.05) is 49.3 Å². The van der Waals surface area contributed by atoms with Crippen LogP contribution in [0.2, 0.25) is 0 Å². The molecular weight excluding hydrogens is 404 g/mol. The Bertz CT molecular complexity index is 905. The molecule has 0 bridgehead atoms. The van der Waals surface area contributed by atoms with Crippen molar-refractivity contribution >= 4 is 23.6 Å². The molecule has 32 heavy (non-hydrogen) atoms. The van der Waals surface area contributed by atoms with Crippen LogP contribution in [0.25, 0.3) is 6.08 Å². The molecule has 170 valence electrons. The second-order valence-electron chi connectivity index (χ2n) is 7.93. The molecule has 0 aromatic heterocycles. The number of carbonyl (C=O) groups excluding carboxylic acids is 2. The average molecular weight is 437 g/mol. The van der Waals surface area contributed by atoms with Crippen LogP contribution in [0.3, 0.4) is 0 Å². The first kappa shape index (κ1) is 23.5. The molecule has 0 unspecified atom stereocenters. The summed E-state index contributed by atoms with van der Waals surface area (Å²) in [7, 11) is 3.95. The summed E-state index contributed by atoms with van der Waals surface area (Å²) in [6.45, 7) is 4.82. The fourth-order valence-electron chi connectivity index (χ4n) is 3.40. The van der Waals surface area contributed by atoms with Crippen molar-refractivity contribution in [2.45, 2.75) is 6.42 Å². The number of anilines is 1. The van der Waals surface area contributed by atoms with Gasteiger partial charge in [-0.25, -0.2) is 0 Å². The Morgan fingerprint density at radius 3 is 2.38 bits per heavy atom. The standard InChI is InChI=1S/C25H32N4O3/c1-28(2)22-11-9-20(10-12-22)19-23(27-24(30)21-7-4-3-5-8-21)25(31)26-13-6-14-29-15-17-32-18-16-29/h3-5,7-12,19H,6,13-18H2,1-2H3,(H,26,31)(H,27,30)/b23-19+. The average Bonchev–Trinajstić information content (AvgIpc) is 2.82. The molecule has 7 nitrogen and oxygen atoms in total. The summed E-state index contributed by atoms with van der Waals surface area (Å²) in [6.07, 6.45) is 2.54. The molecule has 2 N–H and O–H groups in total. The van der Waals surface area contributed by atoms with E-state index in [2.05, 4.69) is 15.5 Å². The summed E-state index contributed by atoms with van der Waals surface area (Å²) in [5.41, 5.74) is 2.62. The number of rotatable bonds is 9. The van der Waals surface area contributed by atoms with E-state index in [1.165, 1.54) is 0 Å². The Hall–Kier alpha value is -3.16. The van der Waals surface area contributed by atoms with Gasteiger partial charge in [-0.15, -0.1) is 0 Å². The SMILES string of the molecule is CN(C)c1ccc(/C=C(/NC(=O)c2ccccc2)C(=O)NCCCN2CCOCC2)cc1. The lowest BCUT2D eigenvalue weighted by Gasteiger charge is -2.26. The van der Waals surface area contributed by atoms with E-state index in [0.717, 1.165) is 50.5 Å². The van der Waals surface area contributed by atoms with Gasteiger partial charge in [0.1, 0.15) is 5.70 Å². The van der Waals surface area contributed by atoms with Crippen molar-refractivity contribution in [3.05, 3.63) is 71.4 Å². The van der Waals surface area contributed by atoms with Gasteiger partial charge in [0.2, 0.25) is 0 Å². The van der Waals surface area contributed by atoms with Crippen LogP contribution in [0.5, 0.6) is 0 Å². The van der Waals surface area contributed by atoms with Crippen LogP contribution in [-0.4, -0.2) is 70.2 Å². The zero-order chi connectivity index (χ0) is 22.8. The molecule has 1 fully saturated rings. The van der Waals surface area contributed by atoms with E-state index >= 15 is 0 Å². The number of benzene rings is 2. The molecule has 0 spiro atoms. The van der Waals surface area contributed by atoms with Gasteiger partial charge in [-0.1, -0.05) is 30.3 Å². The Labute approximate surface area is 190 Å². The normalized spacial score (nSPS) is 14.6. The Morgan fingerprint density at radius 1 is 1.03 bits per heavy atom. The summed E-state index contributed by atoms with van der Waals surface area (Å²) in [6, 6.07) is 16.7. The maximum atomic E-state index is 12.9. The van der Waals surface area contributed by atoms with Crippen LogP contribution in [0, 0.1) is 0 Å². The highest BCUT2D eigenvalue weighted by Gasteiger charge is 2.15. The third kappa shape index (κ3) is 7.21. The zero-order valence-electron chi connectivity index (χ0n) is 18.8. The summed E-state index contributed by atoms with van der Waals surface area (Å²) in [4.78, 5) is 29.9. The van der Waals surface area contributed by atoms with E-state index in [9.17, 15) is 9.59 Å². The van der Waals surface area contributed by atoms with Gasteiger partial charge in [-0.05, 0) is 48.9 Å². The van der Waals surface area contributed by atoms with Crippen molar-refractivity contribution in [3.8, 4) is 0 Å². The lowest BCUT2D eigenvalue weighted by Crippen LogP contribution is -2.39. The molecule has 2 aromatic rings. The molecule has 0 radical (unpaired) electrons. The number of hydrogen-bond donors (Lipinski definition) is 2. The number of nitrogens with zero attached hydrogens (tertiary/aromatic N) is 2. The monoisotopic (exact) mass is 436 g/mol. The Morgan fingerprint density at radius 2 is 1.72 bits per heavy atom. The highest BCUT2D eigenvalue weighted by atomic mass is 16.5. The lowest BCUT2D eigenvalue weighted by atomic mass is 10.1. The van der Waals surface area contributed by atoms with Gasteiger partial charge < -0.3 is 20.3 Å². The number of hydrogen-bond acceptors (Lipinski definition) is 5. The van der Waals surface area contributed by atoms with Gasteiger partial charge in [0.15, 0.2) is 0 Å². The van der Waals surface area contributed by atoms with Crippen LogP contribution >= 0.6 is 0 Å². The Balaban J connectivity index is 1.66. The molecule has 2 aromatic carbocycles. The fraction of sp³-hybridized carbons (Fsp3) is 0.360. The van der Waals surface area contributed by atoms with Crippen molar-refractivity contribution < 1.29 is 14.3 Å². The Kier molecular flexibility index (Phi) is 8.83. The predicted molar refractivity (Wildman–Crippen MR) is 128 cm³/mol. The summed E-state index contributed by atoms with van der Waals surface area (Å²) < 4.78 is 5.36. The van der Waals surface area contributed by atoms with Crippen molar-refractivity contribution in [2.24, 2.45) is 0 Å². The number of ether oxygens (including phenoxy) is 1. The van der Waals surface area contributed by atoms with Crippen molar-refractivity contribution in [3.63, 3.8) is 0 Å². The molecule has 0 saturated carbocycles. The number of amides is 2. The van der Waals surface area contributed by atoms with Crippen LogP contribution in [-0.2, 0) is 9.53 Å². The maximum Gasteiger partial charge on any atom is 0.267 e. The topological polar surface area (TPSA) is 73.9 Å². The number of morpholine rings is 1. The first-order valence-electron chi connectivity index (χ1n) is 11.0. The lowest BCUT2D eigenvalue weighted by molar-refractivity contribution is -0.117. The maximum absolute atomic E-state index is 12.9. The second-order valence-corrected chi connectivity index (χ2v) is 7.93. The predicted octanol–water partition coefficient (Wildman–Crippen LogP) is 2.36. The summed E-state index contributed by atoms with van der Waals surface area (Å²) in [5, 5.41) is 5.72. The van der Waals surface area contributed by atoms with Gasteiger partial charge in [-0.3, -0.25) is 14.5 Å². The van der Waals surface area contributed by atoms with Gasteiger partial charge in [0.25, 0.3) is 11.8 Å². The van der Waals surface area contributed by atoms with Crippen molar-refractivity contribution in [2.75, 3.05) is 58.4 Å². The van der Waals surface area contributed by atoms with Gasteiger partial charge >= 0.3 is 0 Å². The smallest absolute Gasteiger partial charge is 0.267 e. The molecule has 1 aliphatic rings. The second kappa shape index (κ2) is 12.0. The molecule has 1 aliphatic heterocycles. The third-order valence-electron chi connectivity index (χ3n) is 5.29. The van der Waals surface area contributed by atoms with Gasteiger partial charge in [0, 0.05) is 45.0 Å². The van der Waals surface area contributed by atoms with E-state index in [0.29, 0.717) is 12.1 Å². The van der Waals surface area contributed by atoms with E-state index in [1.54, 1.807) is 30.3 Å². The van der Waals surface area contributed by atoms with Crippen LogP contribution < -0.4 is 15.5 Å². The number of carbonyl (C=O) groups is 2. The molecule has 0 aliphatic carbocycles. The summed E-state index contributed by atoms with van der Waals surface area (Å²) in [5.74, 6) is -0.613. The molecule has 1 heterocycles. The zero-order valence-corrected chi connectivity index (χ0v) is 18.8. The minimum atomic E-state index is -0.315. The minimum absolute atomic E-state index is 0.225. The minimum Gasteiger partial charge on any atom is -0.379 e. The molecule has 1 saturated heterocycles. The molecule has 0 atom stereocenters. The largest absolute Gasteiger partial charge is 0.379 e. The van der Waals surface area contributed by atoms with E-state index < -0.39 is 0 Å². The van der Waals surface area contributed by atoms with E-state index in [4.69, 9.17) is 4.74 Å². The molecule has 3 rings (SSSR count). The van der Waals surface area contributed by atoms with Crippen molar-refractivity contribution in [1.82, 2.24) is 15.5 Å². The molecular formula is C25H32N4O3. The molecule has 2 amide bonds. The van der Waals surface area contributed by atoms with Crippen LogP contribution in [0.15, 0.2) is 60.3 Å².